The largest absolute Gasteiger partial charge is 0.472 e. The standard InChI is InChI=1S/C83H138O17P2/c1-5-9-13-17-21-25-29-32-35-37-38-40-42-45-49-52-56-60-64-68-81(86)94-74-79(100-83(88)70-66-62-58-54-50-46-43-39-36-33-30-26-22-18-14-10-6-2)76-98-102(91,92)96-72-77(84)71-95-101(89,90)97-75-78(99-82(87)69-65-61-57-53-47-28-24-20-16-12-8-4)73-93-80(85)67-63-59-55-51-48-44-41-34-31-27-23-19-15-11-7-3/h9-11,13-15,20-27,32-36,38,40-41,48,51,77-79,84H,5-8,12,16-19,28-31,37,39,42-47,49-50,52-76H2,1-4H3,(H,89,90)(H,91,92)/b13-9-,14-10-,15-11-,24-20-,25-21-,26-22-,27-23-,35-32-,36-33-,40-38-,41-34-,51-48-. The maximum Gasteiger partial charge on any atom is 0.472 e. The topological polar surface area (TPSA) is 237 Å². The molecule has 582 valence electrons. The number of phosphoric acid groups is 2. The van der Waals surface area contributed by atoms with Crippen LogP contribution in [0, 0.1) is 0 Å². The monoisotopic (exact) mass is 1470 g/mol. The molecule has 5 unspecified atom stereocenters. The van der Waals surface area contributed by atoms with E-state index in [1.54, 1.807) is 0 Å². The molecule has 19 heteroatoms. The van der Waals surface area contributed by atoms with Gasteiger partial charge in [0.1, 0.15) is 19.3 Å². The second-order valence-electron chi connectivity index (χ2n) is 25.5. The van der Waals surface area contributed by atoms with Gasteiger partial charge in [0, 0.05) is 25.7 Å². The van der Waals surface area contributed by atoms with Crippen LogP contribution in [0.25, 0.3) is 0 Å². The molecule has 0 radical (unpaired) electrons. The lowest BCUT2D eigenvalue weighted by atomic mass is 10.1. The van der Waals surface area contributed by atoms with Gasteiger partial charge >= 0.3 is 39.5 Å². The molecule has 0 saturated carbocycles. The molecule has 0 bridgehead atoms. The lowest BCUT2D eigenvalue weighted by Gasteiger charge is -2.21. The zero-order valence-electron chi connectivity index (χ0n) is 63.5. The van der Waals surface area contributed by atoms with E-state index in [1.165, 1.54) is 12.8 Å². The Kier molecular flexibility index (Phi) is 70.5. The van der Waals surface area contributed by atoms with E-state index in [4.69, 9.17) is 37.0 Å². The van der Waals surface area contributed by atoms with Gasteiger partial charge in [0.05, 0.1) is 26.4 Å². The van der Waals surface area contributed by atoms with E-state index in [0.29, 0.717) is 25.7 Å². The van der Waals surface area contributed by atoms with Crippen LogP contribution in [-0.4, -0.2) is 96.7 Å². The van der Waals surface area contributed by atoms with Gasteiger partial charge < -0.3 is 33.8 Å². The Hall–Kier alpha value is -5.06. The summed E-state index contributed by atoms with van der Waals surface area (Å²) in [5.41, 5.74) is 0. The molecule has 0 fully saturated rings. The third-order valence-electron chi connectivity index (χ3n) is 15.8. The molecule has 0 spiro atoms. The number of aliphatic hydroxyl groups is 1. The smallest absolute Gasteiger partial charge is 0.462 e. The van der Waals surface area contributed by atoms with Crippen LogP contribution >= 0.6 is 15.6 Å². The number of allylic oxidation sites excluding steroid dienone is 24. The van der Waals surface area contributed by atoms with E-state index in [-0.39, 0.29) is 25.7 Å². The number of phosphoric ester groups is 2. The molecule has 0 aromatic heterocycles. The van der Waals surface area contributed by atoms with Crippen LogP contribution in [0.2, 0.25) is 0 Å². The third kappa shape index (κ3) is 73.3. The van der Waals surface area contributed by atoms with Crippen molar-refractivity contribution in [2.75, 3.05) is 39.6 Å². The quantitative estimate of drug-likeness (QED) is 0.0169. The predicted octanol–water partition coefficient (Wildman–Crippen LogP) is 22.7. The molecule has 17 nitrogen and oxygen atoms in total. The van der Waals surface area contributed by atoms with Crippen LogP contribution in [-0.2, 0) is 65.4 Å². The second kappa shape index (κ2) is 74.2. The van der Waals surface area contributed by atoms with Crippen LogP contribution < -0.4 is 0 Å². The van der Waals surface area contributed by atoms with Crippen molar-refractivity contribution in [2.24, 2.45) is 0 Å². The van der Waals surface area contributed by atoms with Gasteiger partial charge in [-0.3, -0.25) is 37.3 Å². The average Bonchev–Trinajstić information content (AvgIpc) is 0.921. The maximum absolute atomic E-state index is 13.1. The molecule has 0 heterocycles. The lowest BCUT2D eigenvalue weighted by molar-refractivity contribution is -0.161. The van der Waals surface area contributed by atoms with Crippen molar-refractivity contribution in [1.29, 1.82) is 0 Å². The van der Waals surface area contributed by atoms with Crippen LogP contribution in [0.15, 0.2) is 146 Å². The normalized spacial score (nSPS) is 14.7. The molecule has 0 aliphatic carbocycles. The van der Waals surface area contributed by atoms with Crippen molar-refractivity contribution in [2.45, 2.75) is 316 Å². The van der Waals surface area contributed by atoms with Crippen molar-refractivity contribution in [1.82, 2.24) is 0 Å². The highest BCUT2D eigenvalue weighted by Gasteiger charge is 2.30. The molecule has 0 aliphatic rings. The summed E-state index contributed by atoms with van der Waals surface area (Å²) in [5.74, 6) is -2.26. The van der Waals surface area contributed by atoms with E-state index in [1.807, 2.05) is 0 Å². The first-order chi connectivity index (χ1) is 49.7. The van der Waals surface area contributed by atoms with Crippen molar-refractivity contribution < 1.29 is 80.2 Å². The summed E-state index contributed by atoms with van der Waals surface area (Å²) < 4.78 is 68.5. The number of carbonyl (C=O) groups excluding carboxylic acids is 4. The zero-order chi connectivity index (χ0) is 74.6. The molecule has 0 aromatic carbocycles. The Morgan fingerprint density at radius 1 is 0.284 bits per heavy atom. The average molecular weight is 1470 g/mol. The minimum atomic E-state index is -4.99. The summed E-state index contributed by atoms with van der Waals surface area (Å²) in [6, 6.07) is 0. The fraction of sp³-hybridized carbons (Fsp3) is 0.663. The minimum Gasteiger partial charge on any atom is -0.462 e. The van der Waals surface area contributed by atoms with Crippen LogP contribution in [0.3, 0.4) is 0 Å². The third-order valence-corrected chi connectivity index (χ3v) is 17.7. The molecular formula is C83H138O17P2. The van der Waals surface area contributed by atoms with Gasteiger partial charge in [-0.25, -0.2) is 9.13 Å². The summed E-state index contributed by atoms with van der Waals surface area (Å²) in [6.07, 6.45) is 84.1. The predicted molar refractivity (Wildman–Crippen MR) is 417 cm³/mol. The number of unbranched alkanes of at least 4 members (excludes halogenated alkanes) is 22. The van der Waals surface area contributed by atoms with Gasteiger partial charge in [-0.05, 0) is 154 Å². The fourth-order valence-electron chi connectivity index (χ4n) is 9.90. The summed E-state index contributed by atoms with van der Waals surface area (Å²) in [4.78, 5) is 72.9. The number of rotatable bonds is 72. The van der Waals surface area contributed by atoms with Crippen molar-refractivity contribution in [3.63, 3.8) is 0 Å². The van der Waals surface area contributed by atoms with Gasteiger partial charge in [0.15, 0.2) is 12.2 Å². The van der Waals surface area contributed by atoms with Gasteiger partial charge in [-0.2, -0.15) is 0 Å². The Bertz CT molecular complexity index is 2510. The molecule has 0 rings (SSSR count). The molecule has 0 saturated heterocycles. The van der Waals surface area contributed by atoms with E-state index in [2.05, 4.69) is 174 Å². The van der Waals surface area contributed by atoms with Gasteiger partial charge in [-0.15, -0.1) is 0 Å². The first kappa shape index (κ1) is 96.9. The molecule has 5 atom stereocenters. The zero-order valence-corrected chi connectivity index (χ0v) is 65.3. The Labute approximate surface area is 617 Å². The minimum absolute atomic E-state index is 0.0716. The molecular weight excluding hydrogens is 1330 g/mol. The molecule has 3 N–H and O–H groups in total. The number of esters is 4. The first-order valence-electron chi connectivity index (χ1n) is 39.1. The highest BCUT2D eigenvalue weighted by atomic mass is 31.2. The number of hydrogen-bond donors (Lipinski definition) is 3. The SMILES string of the molecule is CC/C=C\C/C=C\C/C=C\C/C=C\CCCCCCCCC(=O)OCC(COP(=O)(O)OCC(O)COP(=O)(O)OCC(COC(=O)CCCC/C=C\C/C=C\C/C=C\C/C=C\CC)OC(=O)CCCCCCC/C=C\CCCC)OC(=O)CCCCCCCCC/C=C\C/C=C\C/C=C\CC. The summed E-state index contributed by atoms with van der Waals surface area (Å²) in [7, 11) is -9.98. The number of hydrogen-bond acceptors (Lipinski definition) is 15. The maximum atomic E-state index is 13.1. The summed E-state index contributed by atoms with van der Waals surface area (Å²) >= 11 is 0. The molecule has 0 aliphatic heterocycles. The van der Waals surface area contributed by atoms with Crippen LogP contribution in [0.5, 0.6) is 0 Å². The fourth-order valence-corrected chi connectivity index (χ4v) is 11.5. The van der Waals surface area contributed by atoms with Gasteiger partial charge in [0.25, 0.3) is 0 Å². The molecule has 0 aromatic rings. The number of ether oxygens (including phenoxy) is 4. The van der Waals surface area contributed by atoms with Crippen molar-refractivity contribution >= 4 is 39.5 Å². The Morgan fingerprint density at radius 3 is 0.814 bits per heavy atom. The highest BCUT2D eigenvalue weighted by molar-refractivity contribution is 7.47. The highest BCUT2D eigenvalue weighted by Crippen LogP contribution is 2.45. The Morgan fingerprint density at radius 2 is 0.510 bits per heavy atom. The second-order valence-corrected chi connectivity index (χ2v) is 28.4. The van der Waals surface area contributed by atoms with E-state index >= 15 is 0 Å². The van der Waals surface area contributed by atoms with E-state index in [0.717, 1.165) is 205 Å². The number of aliphatic hydroxyl groups excluding tert-OH is 1. The van der Waals surface area contributed by atoms with Gasteiger partial charge in [0.2, 0.25) is 0 Å². The molecule has 102 heavy (non-hydrogen) atoms. The summed E-state index contributed by atoms with van der Waals surface area (Å²) in [5, 5.41) is 10.6. The van der Waals surface area contributed by atoms with Crippen molar-refractivity contribution in [3.8, 4) is 0 Å². The Balaban J connectivity index is 5.39. The van der Waals surface area contributed by atoms with Gasteiger partial charge in [-0.1, -0.05) is 263 Å². The molecule has 0 amide bonds. The van der Waals surface area contributed by atoms with E-state index < -0.39 is 97.5 Å². The lowest BCUT2D eigenvalue weighted by Crippen LogP contribution is -2.30. The first-order valence-corrected chi connectivity index (χ1v) is 42.1. The van der Waals surface area contributed by atoms with Crippen LogP contribution in [0.1, 0.15) is 297 Å². The summed E-state index contributed by atoms with van der Waals surface area (Å²) in [6.45, 7) is 4.41. The van der Waals surface area contributed by atoms with Crippen molar-refractivity contribution in [3.05, 3.63) is 146 Å². The van der Waals surface area contributed by atoms with E-state index in [9.17, 15) is 43.2 Å². The number of carbonyl (C=O) groups is 4. The van der Waals surface area contributed by atoms with Crippen LogP contribution in [0.4, 0.5) is 0 Å².